The van der Waals surface area contributed by atoms with Gasteiger partial charge in [0.15, 0.2) is 5.69 Å². The van der Waals surface area contributed by atoms with Gasteiger partial charge >= 0.3 is 6.18 Å². The van der Waals surface area contributed by atoms with Gasteiger partial charge in [-0.25, -0.2) is 4.68 Å². The fraction of sp³-hybridized carbons (Fsp3) is 0.357. The largest absolute Gasteiger partial charge is 0.439 e. The Morgan fingerprint density at radius 3 is 2.43 bits per heavy atom. The fourth-order valence-corrected chi connectivity index (χ4v) is 2.01. The number of halogens is 3. The van der Waals surface area contributed by atoms with Crippen molar-refractivity contribution in [3.63, 3.8) is 0 Å². The van der Waals surface area contributed by atoms with E-state index in [1.165, 1.54) is 7.05 Å². The molecule has 2 aromatic rings. The fourth-order valence-electron chi connectivity index (χ4n) is 2.01. The zero-order valence-electron chi connectivity index (χ0n) is 11.7. The van der Waals surface area contributed by atoms with Crippen molar-refractivity contribution in [3.8, 4) is 11.6 Å². The summed E-state index contributed by atoms with van der Waals surface area (Å²) in [4.78, 5) is 0. The van der Waals surface area contributed by atoms with Crippen molar-refractivity contribution in [1.29, 1.82) is 0 Å². The summed E-state index contributed by atoms with van der Waals surface area (Å²) < 4.78 is 45.8. The highest BCUT2D eigenvalue weighted by atomic mass is 19.4. The molecular weight excluding hydrogens is 283 g/mol. The van der Waals surface area contributed by atoms with Crippen LogP contribution in [-0.2, 0) is 19.6 Å². The van der Waals surface area contributed by atoms with E-state index >= 15 is 0 Å². The second-order valence-electron chi connectivity index (χ2n) is 4.85. The minimum absolute atomic E-state index is 0.0242. The van der Waals surface area contributed by atoms with Gasteiger partial charge in [0.1, 0.15) is 5.75 Å². The number of nitrogens with zero attached hydrogens (tertiary/aromatic N) is 2. The molecule has 2 N–H and O–H groups in total. The number of nitrogens with two attached hydrogens (primary N) is 1. The number of benzene rings is 1. The van der Waals surface area contributed by atoms with Crippen LogP contribution < -0.4 is 10.5 Å². The van der Waals surface area contributed by atoms with E-state index in [1.807, 2.05) is 0 Å². The molecule has 0 amide bonds. The Morgan fingerprint density at radius 2 is 1.90 bits per heavy atom. The number of para-hydroxylation sites is 1. The van der Waals surface area contributed by atoms with Gasteiger partial charge in [0, 0.05) is 18.7 Å². The summed E-state index contributed by atoms with van der Waals surface area (Å²) in [6.07, 6.45) is -4.51. The summed E-state index contributed by atoms with van der Waals surface area (Å²) in [7, 11) is 1.41. The van der Waals surface area contributed by atoms with E-state index in [0.717, 1.165) is 4.68 Å². The van der Waals surface area contributed by atoms with Gasteiger partial charge in [0.05, 0.1) is 0 Å². The number of ether oxygens (including phenoxy) is 1. The molecule has 4 nitrogen and oxygen atoms in total. The van der Waals surface area contributed by atoms with Gasteiger partial charge in [-0.1, -0.05) is 18.2 Å². The quantitative estimate of drug-likeness (QED) is 0.943. The van der Waals surface area contributed by atoms with Gasteiger partial charge in [-0.05, 0) is 25.5 Å². The lowest BCUT2D eigenvalue weighted by atomic mass is 10.1. The second-order valence-corrected chi connectivity index (χ2v) is 4.85. The van der Waals surface area contributed by atoms with Gasteiger partial charge in [-0.3, -0.25) is 0 Å². The van der Waals surface area contributed by atoms with E-state index in [1.54, 1.807) is 37.3 Å². The molecule has 0 aliphatic rings. The van der Waals surface area contributed by atoms with Gasteiger partial charge in [-0.15, -0.1) is 0 Å². The molecule has 1 unspecified atom stereocenters. The highest BCUT2D eigenvalue weighted by Crippen LogP contribution is 2.37. The Bertz CT molecular complexity index is 606. The molecule has 21 heavy (non-hydrogen) atoms. The van der Waals surface area contributed by atoms with Gasteiger partial charge in [0.2, 0.25) is 5.88 Å². The van der Waals surface area contributed by atoms with E-state index in [4.69, 9.17) is 10.5 Å². The van der Waals surface area contributed by atoms with Crippen LogP contribution in [0.1, 0.15) is 18.2 Å². The summed E-state index contributed by atoms with van der Waals surface area (Å²) in [5.41, 5.74) is 4.67. The van der Waals surface area contributed by atoms with Gasteiger partial charge < -0.3 is 10.5 Å². The van der Waals surface area contributed by atoms with E-state index < -0.39 is 17.9 Å². The number of hydrogen-bond donors (Lipinski definition) is 1. The molecular formula is C14H16F3N3O. The molecule has 0 fully saturated rings. The molecule has 0 bridgehead atoms. The third-order valence-electron chi connectivity index (χ3n) is 2.84. The van der Waals surface area contributed by atoms with Crippen LogP contribution in [0.2, 0.25) is 0 Å². The predicted octanol–water partition coefficient (Wildman–Crippen LogP) is 3.12. The molecule has 2 rings (SSSR count). The Morgan fingerprint density at radius 1 is 1.29 bits per heavy atom. The summed E-state index contributed by atoms with van der Waals surface area (Å²) in [5.74, 6) is 0.506. The average molecular weight is 299 g/mol. The molecule has 1 aromatic heterocycles. The second kappa shape index (κ2) is 5.77. The van der Waals surface area contributed by atoms with Gasteiger partial charge in [-0.2, -0.15) is 18.3 Å². The Balaban J connectivity index is 2.46. The van der Waals surface area contributed by atoms with Crippen LogP contribution in [0.4, 0.5) is 13.2 Å². The van der Waals surface area contributed by atoms with Crippen molar-refractivity contribution in [3.05, 3.63) is 41.6 Å². The van der Waals surface area contributed by atoms with Crippen molar-refractivity contribution in [2.75, 3.05) is 0 Å². The van der Waals surface area contributed by atoms with Crippen LogP contribution >= 0.6 is 0 Å². The van der Waals surface area contributed by atoms with E-state index in [0.29, 0.717) is 5.75 Å². The number of aromatic nitrogens is 2. The van der Waals surface area contributed by atoms with Crippen LogP contribution in [0, 0.1) is 0 Å². The zero-order valence-corrected chi connectivity index (χ0v) is 11.7. The molecule has 1 atom stereocenters. The van der Waals surface area contributed by atoms with Crippen LogP contribution in [-0.4, -0.2) is 15.8 Å². The topological polar surface area (TPSA) is 53.1 Å². The van der Waals surface area contributed by atoms with Crippen molar-refractivity contribution < 1.29 is 17.9 Å². The summed E-state index contributed by atoms with van der Waals surface area (Å²) >= 11 is 0. The van der Waals surface area contributed by atoms with Crippen LogP contribution in [0.3, 0.4) is 0 Å². The molecule has 0 saturated carbocycles. The van der Waals surface area contributed by atoms with E-state index in [-0.39, 0.29) is 17.9 Å². The van der Waals surface area contributed by atoms with Crippen molar-refractivity contribution >= 4 is 0 Å². The maximum Gasteiger partial charge on any atom is 0.435 e. The maximum absolute atomic E-state index is 13.1. The lowest BCUT2D eigenvalue weighted by molar-refractivity contribution is -0.142. The number of hydrogen-bond acceptors (Lipinski definition) is 3. The van der Waals surface area contributed by atoms with Crippen LogP contribution in [0.25, 0.3) is 0 Å². The number of rotatable bonds is 4. The molecule has 0 saturated heterocycles. The van der Waals surface area contributed by atoms with E-state index in [2.05, 4.69) is 5.10 Å². The van der Waals surface area contributed by atoms with Crippen LogP contribution in [0.15, 0.2) is 30.3 Å². The minimum atomic E-state index is -4.54. The highest BCUT2D eigenvalue weighted by molar-refractivity contribution is 5.38. The first-order chi connectivity index (χ1) is 9.79. The molecule has 0 radical (unpaired) electrons. The Kier molecular flexibility index (Phi) is 4.22. The van der Waals surface area contributed by atoms with Crippen molar-refractivity contribution in [2.45, 2.75) is 25.6 Å². The Hall–Kier alpha value is -2.02. The lowest BCUT2D eigenvalue weighted by Gasteiger charge is -2.11. The minimum Gasteiger partial charge on any atom is -0.439 e. The first-order valence-corrected chi connectivity index (χ1v) is 6.40. The zero-order chi connectivity index (χ0) is 15.6. The molecule has 1 heterocycles. The summed E-state index contributed by atoms with van der Waals surface area (Å²) in [6.45, 7) is 1.64. The number of alkyl halides is 3. The first-order valence-electron chi connectivity index (χ1n) is 6.40. The molecule has 114 valence electrons. The van der Waals surface area contributed by atoms with Crippen LogP contribution in [0.5, 0.6) is 11.6 Å². The summed E-state index contributed by atoms with van der Waals surface area (Å²) in [6, 6.07) is 8.16. The third kappa shape index (κ3) is 3.55. The van der Waals surface area contributed by atoms with Crippen molar-refractivity contribution in [1.82, 2.24) is 9.78 Å². The molecule has 0 aliphatic carbocycles. The first kappa shape index (κ1) is 15.4. The lowest BCUT2D eigenvalue weighted by Crippen LogP contribution is -2.20. The number of aryl methyl sites for hydroxylation is 1. The highest BCUT2D eigenvalue weighted by Gasteiger charge is 2.39. The Labute approximate surface area is 120 Å². The maximum atomic E-state index is 13.1. The predicted molar refractivity (Wildman–Crippen MR) is 72.1 cm³/mol. The SMILES string of the molecule is CC(N)Cc1c(C(F)(F)F)nn(C)c1Oc1ccccc1. The standard InChI is InChI=1S/C14H16F3N3O/c1-9(18)8-11-12(14(15,16)17)19-20(2)13(11)21-10-6-4-3-5-7-10/h3-7,9H,8,18H2,1-2H3. The molecule has 0 spiro atoms. The van der Waals surface area contributed by atoms with Gasteiger partial charge in [0.25, 0.3) is 0 Å². The normalized spacial score (nSPS) is 13.2. The smallest absolute Gasteiger partial charge is 0.435 e. The molecule has 7 heteroatoms. The monoisotopic (exact) mass is 299 g/mol. The molecule has 1 aromatic carbocycles. The average Bonchev–Trinajstić information content (AvgIpc) is 2.68. The third-order valence-corrected chi connectivity index (χ3v) is 2.84. The molecule has 0 aliphatic heterocycles. The van der Waals surface area contributed by atoms with Crippen molar-refractivity contribution in [2.24, 2.45) is 12.8 Å². The van der Waals surface area contributed by atoms with E-state index in [9.17, 15) is 13.2 Å². The summed E-state index contributed by atoms with van der Waals surface area (Å²) in [5, 5.41) is 3.54.